The summed E-state index contributed by atoms with van der Waals surface area (Å²) in [7, 11) is 0. The number of carbonyl (C=O) groups is 4. The number of ether oxygens (including phenoxy) is 4. The average molecular weight is 715 g/mol. The van der Waals surface area contributed by atoms with Gasteiger partial charge in [0.25, 0.3) is 0 Å². The van der Waals surface area contributed by atoms with E-state index < -0.39 is 42.2 Å². The van der Waals surface area contributed by atoms with Gasteiger partial charge in [-0.3, -0.25) is 19.2 Å². The van der Waals surface area contributed by atoms with Crippen molar-refractivity contribution in [1.82, 2.24) is 0 Å². The largest absolute Gasteiger partial charge is 0.462 e. The molecule has 0 aliphatic heterocycles. The molecule has 0 heterocycles. The number of carbonyl (C=O) groups excluding carboxylic acids is 4. The highest BCUT2D eigenvalue weighted by molar-refractivity contribution is 5.68. The fourth-order valence-corrected chi connectivity index (χ4v) is 14.4. The van der Waals surface area contributed by atoms with E-state index in [0.717, 1.165) is 24.2 Å². The molecule has 5 aliphatic carbocycles. The molecule has 8 heteroatoms. The number of hydrogen-bond acceptors (Lipinski definition) is 8. The zero-order valence-electron chi connectivity index (χ0n) is 33.9. The van der Waals surface area contributed by atoms with Crippen molar-refractivity contribution in [2.45, 2.75) is 178 Å². The van der Waals surface area contributed by atoms with E-state index in [0.29, 0.717) is 51.2 Å². The molecule has 0 aromatic rings. The summed E-state index contributed by atoms with van der Waals surface area (Å²) < 4.78 is 22.1. The highest BCUT2D eigenvalue weighted by Gasteiger charge is 2.70. The van der Waals surface area contributed by atoms with Gasteiger partial charge >= 0.3 is 23.9 Å². The first-order valence-electron chi connectivity index (χ1n) is 20.3. The standard InChI is InChI=1S/C43H70O8/c1-26(13-14-33(49-28(3)45)38(51-30(5)47)34(50-29(4)46)25-48-27(2)44)31-17-22-40(8)32(31)18-23-42(10)36(40)15-16-37-41(9)21-12-20-39(6,7)35(41)19-24-43(37,42)11/h26,31-38H,12-25H2,1-11H3/t26?,31-,32+,33-,34+,35+,36-,37-,38-,40+,41+,42-,43-/m1/s1. The van der Waals surface area contributed by atoms with Crippen molar-refractivity contribution in [1.29, 1.82) is 0 Å². The van der Waals surface area contributed by atoms with Crippen molar-refractivity contribution < 1.29 is 38.1 Å². The zero-order chi connectivity index (χ0) is 37.7. The SMILES string of the molecule is CC(=O)OC[C@H](OC(C)=O)[C@H](OC(C)=O)[C@@H](CCC(C)[C@H]1CC[C@]2(C)[C@H]3CC[C@@H]4[C@@]5(C)CCCC(C)(C)[C@@H]5CC[C@@]4(C)[C@]3(C)CC[C@@H]12)OC(C)=O. The van der Waals surface area contributed by atoms with E-state index in [1.54, 1.807) is 0 Å². The first-order valence-corrected chi connectivity index (χ1v) is 20.3. The summed E-state index contributed by atoms with van der Waals surface area (Å²) in [4.78, 5) is 48.3. The third-order valence-corrected chi connectivity index (χ3v) is 16.5. The van der Waals surface area contributed by atoms with Gasteiger partial charge in [0, 0.05) is 27.7 Å². The molecule has 5 aliphatic rings. The van der Waals surface area contributed by atoms with Gasteiger partial charge in [0.1, 0.15) is 12.7 Å². The Morgan fingerprint density at radius 1 is 0.588 bits per heavy atom. The molecule has 8 nitrogen and oxygen atoms in total. The minimum atomic E-state index is -1.10. The van der Waals surface area contributed by atoms with E-state index in [1.807, 2.05) is 0 Å². The highest BCUT2D eigenvalue weighted by atomic mass is 16.6. The Bertz CT molecular complexity index is 1320. The van der Waals surface area contributed by atoms with Crippen molar-refractivity contribution in [3.8, 4) is 0 Å². The van der Waals surface area contributed by atoms with Crippen molar-refractivity contribution in [3.05, 3.63) is 0 Å². The Labute approximate surface area is 308 Å². The van der Waals surface area contributed by atoms with Crippen LogP contribution in [0.25, 0.3) is 0 Å². The Balaban J connectivity index is 1.33. The van der Waals surface area contributed by atoms with Crippen LogP contribution in [0.4, 0.5) is 0 Å². The lowest BCUT2D eigenvalue weighted by Crippen LogP contribution is -2.65. The number of fused-ring (bicyclic) bond motifs is 7. The summed E-state index contributed by atoms with van der Waals surface area (Å²) >= 11 is 0. The van der Waals surface area contributed by atoms with Crippen LogP contribution in [-0.2, 0) is 38.1 Å². The van der Waals surface area contributed by atoms with Crippen LogP contribution in [0.2, 0.25) is 0 Å². The Kier molecular flexibility index (Phi) is 11.5. The lowest BCUT2D eigenvalue weighted by molar-refractivity contribution is -0.241. The van der Waals surface area contributed by atoms with Gasteiger partial charge in [-0.25, -0.2) is 0 Å². The molecule has 0 N–H and O–H groups in total. The van der Waals surface area contributed by atoms with Crippen LogP contribution in [0.15, 0.2) is 0 Å². The summed E-state index contributed by atoms with van der Waals surface area (Å²) in [6.45, 7) is 23.0. The van der Waals surface area contributed by atoms with Gasteiger partial charge in [0.15, 0.2) is 12.2 Å². The van der Waals surface area contributed by atoms with Crippen LogP contribution in [0.3, 0.4) is 0 Å². The fraction of sp³-hybridized carbons (Fsp3) is 0.907. The molecule has 290 valence electrons. The predicted molar refractivity (Wildman–Crippen MR) is 196 cm³/mol. The number of rotatable bonds is 11. The molecule has 0 aromatic carbocycles. The summed E-state index contributed by atoms with van der Waals surface area (Å²) in [5.74, 6) is 1.68. The molecule has 0 bridgehead atoms. The van der Waals surface area contributed by atoms with Gasteiger partial charge in [0.05, 0.1) is 0 Å². The second kappa shape index (κ2) is 14.6. The first kappa shape index (κ1) is 40.1. The number of hydrogen-bond donors (Lipinski definition) is 0. The molecule has 5 rings (SSSR count). The normalized spacial score (nSPS) is 40.5. The van der Waals surface area contributed by atoms with Crippen LogP contribution in [0.1, 0.15) is 160 Å². The predicted octanol–water partition coefficient (Wildman–Crippen LogP) is 9.25. The van der Waals surface area contributed by atoms with Crippen LogP contribution >= 0.6 is 0 Å². The smallest absolute Gasteiger partial charge is 0.303 e. The third kappa shape index (κ3) is 7.25. The lowest BCUT2D eigenvalue weighted by atomic mass is 9.32. The summed E-state index contributed by atoms with van der Waals surface area (Å²) in [6, 6.07) is 0. The molecule has 0 spiro atoms. The highest BCUT2D eigenvalue weighted by Crippen LogP contribution is 2.78. The summed E-state index contributed by atoms with van der Waals surface area (Å²) in [6.07, 6.45) is 12.8. The first-order chi connectivity index (χ1) is 23.7. The van der Waals surface area contributed by atoms with E-state index in [1.165, 1.54) is 98.3 Å². The molecule has 0 aromatic heterocycles. The van der Waals surface area contributed by atoms with Crippen LogP contribution < -0.4 is 0 Å². The average Bonchev–Trinajstić information content (AvgIpc) is 3.36. The molecule has 0 saturated heterocycles. The lowest BCUT2D eigenvalue weighted by Gasteiger charge is -2.73. The molecule has 0 amide bonds. The quantitative estimate of drug-likeness (QED) is 0.154. The maximum Gasteiger partial charge on any atom is 0.303 e. The molecule has 1 unspecified atom stereocenters. The topological polar surface area (TPSA) is 105 Å². The van der Waals surface area contributed by atoms with E-state index in [-0.39, 0.29) is 6.61 Å². The Morgan fingerprint density at radius 2 is 1.16 bits per heavy atom. The second-order valence-electron chi connectivity index (χ2n) is 19.5. The van der Waals surface area contributed by atoms with Crippen molar-refractivity contribution in [2.75, 3.05) is 6.61 Å². The van der Waals surface area contributed by atoms with Gasteiger partial charge in [-0.1, -0.05) is 54.9 Å². The summed E-state index contributed by atoms with van der Waals surface area (Å²) in [5.41, 5.74) is 1.92. The van der Waals surface area contributed by atoms with E-state index >= 15 is 0 Å². The van der Waals surface area contributed by atoms with Crippen molar-refractivity contribution >= 4 is 23.9 Å². The fourth-order valence-electron chi connectivity index (χ4n) is 14.4. The molecule has 0 radical (unpaired) electrons. The molecule has 13 atom stereocenters. The van der Waals surface area contributed by atoms with Gasteiger partial charge < -0.3 is 18.9 Å². The third-order valence-electron chi connectivity index (χ3n) is 16.5. The minimum Gasteiger partial charge on any atom is -0.462 e. The van der Waals surface area contributed by atoms with Gasteiger partial charge in [0.2, 0.25) is 0 Å². The van der Waals surface area contributed by atoms with E-state index in [2.05, 4.69) is 48.5 Å². The van der Waals surface area contributed by atoms with Gasteiger partial charge in [-0.15, -0.1) is 0 Å². The summed E-state index contributed by atoms with van der Waals surface area (Å²) in [5, 5.41) is 0. The molecule has 5 saturated carbocycles. The second-order valence-corrected chi connectivity index (χ2v) is 19.5. The number of esters is 4. The van der Waals surface area contributed by atoms with Crippen LogP contribution in [-0.4, -0.2) is 48.8 Å². The molecule has 5 fully saturated rings. The molecular weight excluding hydrogens is 644 g/mol. The maximum atomic E-state index is 12.4. The maximum absolute atomic E-state index is 12.4. The minimum absolute atomic E-state index is 0.305. The van der Waals surface area contributed by atoms with Gasteiger partial charge in [-0.05, 0) is 140 Å². The molecule has 51 heavy (non-hydrogen) atoms. The molecular formula is C43H70O8. The zero-order valence-corrected chi connectivity index (χ0v) is 33.9. The van der Waals surface area contributed by atoms with Crippen molar-refractivity contribution in [2.24, 2.45) is 62.6 Å². The van der Waals surface area contributed by atoms with E-state index in [9.17, 15) is 19.2 Å². The monoisotopic (exact) mass is 715 g/mol. The Morgan fingerprint density at radius 3 is 1.75 bits per heavy atom. The Hall–Kier alpha value is -2.12. The van der Waals surface area contributed by atoms with Crippen molar-refractivity contribution in [3.63, 3.8) is 0 Å². The van der Waals surface area contributed by atoms with Gasteiger partial charge in [-0.2, -0.15) is 0 Å². The van der Waals surface area contributed by atoms with Crippen LogP contribution in [0, 0.1) is 62.6 Å². The van der Waals surface area contributed by atoms with E-state index in [4.69, 9.17) is 18.9 Å². The van der Waals surface area contributed by atoms with Crippen LogP contribution in [0.5, 0.6) is 0 Å².